The Morgan fingerprint density at radius 3 is 2.12 bits per heavy atom. The number of piperidine rings is 1. The van der Waals surface area contributed by atoms with Crippen LogP contribution in [0.1, 0.15) is 106 Å². The number of amides is 3. The fourth-order valence-electron chi connectivity index (χ4n) is 7.36. The number of carbonyl (C=O) groups is 4. The van der Waals surface area contributed by atoms with Crippen molar-refractivity contribution in [2.45, 2.75) is 131 Å². The minimum atomic E-state index is -0.694. The predicted molar refractivity (Wildman–Crippen MR) is 199 cm³/mol. The van der Waals surface area contributed by atoms with Gasteiger partial charge in [0.1, 0.15) is 18.2 Å². The van der Waals surface area contributed by atoms with Crippen molar-refractivity contribution in [3.63, 3.8) is 0 Å². The van der Waals surface area contributed by atoms with Gasteiger partial charge in [0.2, 0.25) is 17.7 Å². The van der Waals surface area contributed by atoms with Crippen LogP contribution in [0.5, 0.6) is 0 Å². The van der Waals surface area contributed by atoms with Gasteiger partial charge in [0, 0.05) is 31.8 Å². The second-order valence-corrected chi connectivity index (χ2v) is 15.1. The van der Waals surface area contributed by atoms with Crippen molar-refractivity contribution in [3.8, 4) is 0 Å². The Balaban J connectivity index is 1.76. The van der Waals surface area contributed by atoms with Gasteiger partial charge in [-0.15, -0.1) is 0 Å². The molecule has 10 heteroatoms. The third-order valence-corrected chi connectivity index (χ3v) is 10.5. The van der Waals surface area contributed by atoms with Gasteiger partial charge in [-0.25, -0.2) is 4.79 Å². The van der Waals surface area contributed by atoms with E-state index >= 15 is 0 Å². The highest BCUT2D eigenvalue weighted by Gasteiger charge is 2.39. The fourth-order valence-corrected chi connectivity index (χ4v) is 7.36. The molecule has 2 heterocycles. The van der Waals surface area contributed by atoms with Gasteiger partial charge in [-0.3, -0.25) is 24.2 Å². The zero-order valence-corrected chi connectivity index (χ0v) is 32.5. The van der Waals surface area contributed by atoms with E-state index in [9.17, 15) is 19.2 Å². The first kappa shape index (κ1) is 41.2. The van der Waals surface area contributed by atoms with Crippen molar-refractivity contribution >= 4 is 23.7 Å². The molecule has 2 aliphatic heterocycles. The number of ether oxygens (including phenoxy) is 1. The largest absolute Gasteiger partial charge is 0.455 e. The molecule has 1 aromatic rings. The Morgan fingerprint density at radius 2 is 1.54 bits per heavy atom. The molecule has 3 amide bonds. The molecule has 2 saturated heterocycles. The molecule has 2 fully saturated rings. The number of hydrogen-bond acceptors (Lipinski definition) is 7. The number of likely N-dealkylation sites (tertiary alicyclic amines) is 2. The second kappa shape index (κ2) is 19.4. The molecular weight excluding hydrogens is 630 g/mol. The quantitative estimate of drug-likeness (QED) is 0.182. The number of nitrogens with zero attached hydrogens (tertiary/aromatic N) is 4. The zero-order chi connectivity index (χ0) is 37.1. The summed E-state index contributed by atoms with van der Waals surface area (Å²) in [6.07, 6.45) is 5.51. The van der Waals surface area contributed by atoms with E-state index in [-0.39, 0.29) is 47.6 Å². The summed E-state index contributed by atoms with van der Waals surface area (Å²) >= 11 is 0. The molecule has 0 bridgehead atoms. The summed E-state index contributed by atoms with van der Waals surface area (Å²) in [6.45, 7) is 21.7. The van der Waals surface area contributed by atoms with Crippen LogP contribution < -0.4 is 5.32 Å². The van der Waals surface area contributed by atoms with Crippen molar-refractivity contribution in [1.82, 2.24) is 24.9 Å². The number of nitrogens with one attached hydrogen (secondary N) is 1. The number of likely N-dealkylation sites (N-methyl/N-ethyl adjacent to an activating group) is 2. The average molecular weight is 696 g/mol. The second-order valence-electron chi connectivity index (χ2n) is 15.1. The van der Waals surface area contributed by atoms with E-state index in [4.69, 9.17) is 4.74 Å². The van der Waals surface area contributed by atoms with Crippen LogP contribution in [0, 0.1) is 11.8 Å². The SMILES string of the molecule is CCN(CC)CC(OC(=O)[C@@H]1CCCN1C(=O)C(C)=C[C@H](C(C)C)N(C)C(=O)[C@@H](NC(=O)[C@H]1CCCCN1C(C)C)C(C)C)c1ccccc1. The summed E-state index contributed by atoms with van der Waals surface area (Å²) in [5.74, 6) is -1.02. The summed E-state index contributed by atoms with van der Waals surface area (Å²) in [5, 5.41) is 3.11. The lowest BCUT2D eigenvalue weighted by Gasteiger charge is -2.39. The van der Waals surface area contributed by atoms with Crippen molar-refractivity contribution in [3.05, 3.63) is 47.5 Å². The lowest BCUT2D eigenvalue weighted by molar-refractivity contribution is -0.158. The normalized spacial score (nSPS) is 20.7. The van der Waals surface area contributed by atoms with Crippen LogP contribution in [0.4, 0.5) is 0 Å². The van der Waals surface area contributed by atoms with Crippen molar-refractivity contribution in [2.24, 2.45) is 11.8 Å². The Hall–Kier alpha value is -3.24. The van der Waals surface area contributed by atoms with Crippen LogP contribution in [0.2, 0.25) is 0 Å². The molecule has 0 aliphatic carbocycles. The summed E-state index contributed by atoms with van der Waals surface area (Å²) in [6, 6.07) is 8.02. The van der Waals surface area contributed by atoms with Gasteiger partial charge in [0.25, 0.3) is 0 Å². The van der Waals surface area contributed by atoms with Gasteiger partial charge >= 0.3 is 5.97 Å². The summed E-state index contributed by atoms with van der Waals surface area (Å²) < 4.78 is 6.16. The average Bonchev–Trinajstić information content (AvgIpc) is 3.60. The molecule has 280 valence electrons. The van der Waals surface area contributed by atoms with Crippen LogP contribution in [0.3, 0.4) is 0 Å². The molecule has 1 N–H and O–H groups in total. The van der Waals surface area contributed by atoms with E-state index in [1.165, 1.54) is 0 Å². The van der Waals surface area contributed by atoms with E-state index < -0.39 is 24.2 Å². The molecule has 3 rings (SSSR count). The van der Waals surface area contributed by atoms with Crippen LogP contribution >= 0.6 is 0 Å². The third kappa shape index (κ3) is 10.6. The Labute approximate surface area is 301 Å². The van der Waals surface area contributed by atoms with Crippen LogP contribution in [0.25, 0.3) is 0 Å². The number of benzene rings is 1. The Kier molecular flexibility index (Phi) is 16.0. The lowest BCUT2D eigenvalue weighted by Crippen LogP contribution is -2.58. The van der Waals surface area contributed by atoms with Gasteiger partial charge < -0.3 is 19.9 Å². The van der Waals surface area contributed by atoms with E-state index in [2.05, 4.69) is 42.8 Å². The fraction of sp³-hybridized carbons (Fsp3) is 0.700. The van der Waals surface area contributed by atoms with E-state index in [0.717, 1.165) is 44.5 Å². The van der Waals surface area contributed by atoms with Gasteiger partial charge in [0.15, 0.2) is 0 Å². The number of hydrogen-bond donors (Lipinski definition) is 1. The summed E-state index contributed by atoms with van der Waals surface area (Å²) in [5.41, 5.74) is 1.41. The minimum absolute atomic E-state index is 0.00367. The summed E-state index contributed by atoms with van der Waals surface area (Å²) in [7, 11) is 1.75. The maximum absolute atomic E-state index is 14.1. The standard InChI is InChI=1S/C40H65N5O5/c1-11-43(12-2)26-35(31-19-14-13-15-20-31)50-40(49)33-22-18-24-45(33)38(47)30(9)25-34(27(3)4)42(10)39(48)36(28(5)6)41-37(46)32-21-16-17-23-44(32)29(7)8/h13-15,19-20,25,27-29,32-36H,11-12,16-18,21-24,26H2,1-10H3,(H,41,46)/t32-,33+,34-,35?,36+/m1/s1. The van der Waals surface area contributed by atoms with E-state index in [1.807, 2.05) is 64.1 Å². The molecule has 0 spiro atoms. The smallest absolute Gasteiger partial charge is 0.329 e. The highest BCUT2D eigenvalue weighted by molar-refractivity contribution is 5.96. The molecule has 10 nitrogen and oxygen atoms in total. The predicted octanol–water partition coefficient (Wildman–Crippen LogP) is 5.44. The lowest BCUT2D eigenvalue weighted by atomic mass is 9.95. The number of carbonyl (C=O) groups excluding carboxylic acids is 4. The first-order chi connectivity index (χ1) is 23.7. The monoisotopic (exact) mass is 695 g/mol. The maximum Gasteiger partial charge on any atom is 0.329 e. The molecule has 1 unspecified atom stereocenters. The van der Waals surface area contributed by atoms with E-state index in [1.54, 1.807) is 23.8 Å². The molecule has 0 radical (unpaired) electrons. The van der Waals surface area contributed by atoms with Gasteiger partial charge in [-0.05, 0) is 83.5 Å². The first-order valence-corrected chi connectivity index (χ1v) is 19.0. The summed E-state index contributed by atoms with van der Waals surface area (Å²) in [4.78, 5) is 63.1. The highest BCUT2D eigenvalue weighted by atomic mass is 16.5. The zero-order valence-electron chi connectivity index (χ0n) is 32.5. The topological polar surface area (TPSA) is 102 Å². The van der Waals surface area contributed by atoms with Crippen LogP contribution in [0.15, 0.2) is 42.0 Å². The highest BCUT2D eigenvalue weighted by Crippen LogP contribution is 2.27. The molecule has 0 aromatic heterocycles. The van der Waals surface area contributed by atoms with Gasteiger partial charge in [-0.1, -0.05) is 84.4 Å². The minimum Gasteiger partial charge on any atom is -0.455 e. The van der Waals surface area contributed by atoms with Gasteiger partial charge in [0.05, 0.1) is 12.1 Å². The number of rotatable bonds is 16. The maximum atomic E-state index is 14.1. The van der Waals surface area contributed by atoms with Crippen molar-refractivity contribution in [2.75, 3.05) is 39.8 Å². The molecule has 50 heavy (non-hydrogen) atoms. The number of esters is 1. The van der Waals surface area contributed by atoms with Crippen molar-refractivity contribution < 1.29 is 23.9 Å². The third-order valence-electron chi connectivity index (χ3n) is 10.5. The Morgan fingerprint density at radius 1 is 0.900 bits per heavy atom. The molecule has 5 atom stereocenters. The van der Waals surface area contributed by atoms with Crippen LogP contribution in [-0.4, -0.2) is 113 Å². The molecular formula is C40H65N5O5. The Bertz CT molecular complexity index is 1290. The molecule has 0 saturated carbocycles. The van der Waals surface area contributed by atoms with Crippen molar-refractivity contribution in [1.29, 1.82) is 0 Å². The van der Waals surface area contributed by atoms with E-state index in [0.29, 0.717) is 31.5 Å². The van der Waals surface area contributed by atoms with Gasteiger partial charge in [-0.2, -0.15) is 0 Å². The molecule has 2 aliphatic rings. The van der Waals surface area contributed by atoms with Crippen LogP contribution in [-0.2, 0) is 23.9 Å². The molecule has 1 aromatic carbocycles. The first-order valence-electron chi connectivity index (χ1n) is 19.0.